The summed E-state index contributed by atoms with van der Waals surface area (Å²) >= 11 is 1.50. The maximum atomic E-state index is 13.0. The molecule has 0 aliphatic carbocycles. The van der Waals surface area contributed by atoms with Gasteiger partial charge in [-0.05, 0) is 25.1 Å². The quantitative estimate of drug-likeness (QED) is 0.649. The average Bonchev–Trinajstić information content (AvgIpc) is 3.21. The van der Waals surface area contributed by atoms with Gasteiger partial charge in [0, 0.05) is 17.4 Å². The van der Waals surface area contributed by atoms with E-state index >= 15 is 0 Å². The summed E-state index contributed by atoms with van der Waals surface area (Å²) < 4.78 is 40.3. The molecule has 0 aliphatic heterocycles. The lowest BCUT2D eigenvalue weighted by Crippen LogP contribution is -2.17. The molecule has 5 nitrogen and oxygen atoms in total. The zero-order valence-electron chi connectivity index (χ0n) is 15.5. The van der Waals surface area contributed by atoms with Gasteiger partial charge >= 0.3 is 6.18 Å². The molecule has 1 aromatic carbocycles. The molecule has 0 saturated carbocycles. The van der Waals surface area contributed by atoms with Crippen LogP contribution < -0.4 is 5.32 Å². The zero-order valence-corrected chi connectivity index (χ0v) is 16.4. The lowest BCUT2D eigenvalue weighted by molar-refractivity contribution is -0.137. The van der Waals surface area contributed by atoms with Crippen LogP contribution >= 0.6 is 11.3 Å². The number of thiazole rings is 1. The number of halogens is 3. The second-order valence-corrected chi connectivity index (χ2v) is 7.58. The molecule has 9 heteroatoms. The van der Waals surface area contributed by atoms with Crippen molar-refractivity contribution in [3.63, 3.8) is 0 Å². The third-order valence-corrected chi connectivity index (χ3v) is 5.12. The maximum Gasteiger partial charge on any atom is 0.416 e. The first-order chi connectivity index (χ1) is 13.1. The van der Waals surface area contributed by atoms with Crippen molar-refractivity contribution in [1.82, 2.24) is 14.8 Å². The summed E-state index contributed by atoms with van der Waals surface area (Å²) in [5.41, 5.74) is 0.671. The molecule has 0 radical (unpaired) electrons. The molecule has 2 heterocycles. The van der Waals surface area contributed by atoms with Gasteiger partial charge in [0.15, 0.2) is 0 Å². The first-order valence-corrected chi connectivity index (χ1v) is 9.50. The van der Waals surface area contributed by atoms with Crippen molar-refractivity contribution < 1.29 is 18.0 Å². The lowest BCUT2D eigenvalue weighted by atomic mass is 10.2. The molecular weight excluding hydrogens is 389 g/mol. The largest absolute Gasteiger partial charge is 0.416 e. The number of anilines is 1. The summed E-state index contributed by atoms with van der Waals surface area (Å²) in [6, 6.07) is 6.42. The smallest absolute Gasteiger partial charge is 0.310 e. The number of hydrogen-bond donors (Lipinski definition) is 1. The molecule has 0 saturated heterocycles. The van der Waals surface area contributed by atoms with E-state index in [9.17, 15) is 18.0 Å². The Kier molecular flexibility index (Phi) is 5.55. The molecule has 0 fully saturated rings. The van der Waals surface area contributed by atoms with E-state index < -0.39 is 11.7 Å². The van der Waals surface area contributed by atoms with Crippen LogP contribution in [0.25, 0.3) is 5.69 Å². The minimum atomic E-state index is -4.46. The number of alkyl halides is 3. The van der Waals surface area contributed by atoms with E-state index in [-0.39, 0.29) is 23.9 Å². The van der Waals surface area contributed by atoms with Crippen molar-refractivity contribution in [2.45, 2.75) is 39.3 Å². The molecule has 0 unspecified atom stereocenters. The van der Waals surface area contributed by atoms with Gasteiger partial charge in [0.25, 0.3) is 0 Å². The van der Waals surface area contributed by atoms with Crippen LogP contribution in [-0.4, -0.2) is 20.7 Å². The number of aryl methyl sites for hydroxylation is 1. The summed E-state index contributed by atoms with van der Waals surface area (Å²) in [5.74, 6) is 0.279. The van der Waals surface area contributed by atoms with Gasteiger partial charge in [-0.2, -0.15) is 18.3 Å². The van der Waals surface area contributed by atoms with E-state index in [1.165, 1.54) is 28.2 Å². The van der Waals surface area contributed by atoms with Crippen molar-refractivity contribution in [3.05, 3.63) is 57.7 Å². The molecule has 0 spiro atoms. The molecule has 0 bridgehead atoms. The van der Waals surface area contributed by atoms with Gasteiger partial charge in [0.05, 0.1) is 34.1 Å². The number of benzene rings is 1. The Morgan fingerprint density at radius 3 is 2.68 bits per heavy atom. The highest BCUT2D eigenvalue weighted by molar-refractivity contribution is 7.09. The van der Waals surface area contributed by atoms with E-state index in [4.69, 9.17) is 0 Å². The third kappa shape index (κ3) is 4.59. The number of nitrogens with one attached hydrogen (secondary N) is 1. The van der Waals surface area contributed by atoms with Gasteiger partial charge in [-0.3, -0.25) is 4.79 Å². The predicted octanol–water partition coefficient (Wildman–Crippen LogP) is 4.96. The SMILES string of the molecule is Cc1cc(NC(=O)Cc2csc(C(C)C)n2)n(-c2cccc(C(F)(F)F)c2)n1. The van der Waals surface area contributed by atoms with Crippen LogP contribution in [0.4, 0.5) is 19.0 Å². The van der Waals surface area contributed by atoms with Gasteiger partial charge < -0.3 is 5.32 Å². The topological polar surface area (TPSA) is 59.8 Å². The fourth-order valence-corrected chi connectivity index (χ4v) is 3.45. The number of carbonyl (C=O) groups is 1. The van der Waals surface area contributed by atoms with Crippen molar-refractivity contribution >= 4 is 23.1 Å². The summed E-state index contributed by atoms with van der Waals surface area (Å²) in [6.45, 7) is 5.76. The van der Waals surface area contributed by atoms with Gasteiger partial charge in [-0.1, -0.05) is 19.9 Å². The molecule has 148 valence electrons. The van der Waals surface area contributed by atoms with Gasteiger partial charge in [0.1, 0.15) is 5.82 Å². The summed E-state index contributed by atoms with van der Waals surface area (Å²) in [7, 11) is 0. The monoisotopic (exact) mass is 408 g/mol. The molecule has 3 rings (SSSR count). The van der Waals surface area contributed by atoms with Crippen LogP contribution in [0.2, 0.25) is 0 Å². The number of amides is 1. The van der Waals surface area contributed by atoms with Crippen LogP contribution in [0.15, 0.2) is 35.7 Å². The van der Waals surface area contributed by atoms with Gasteiger partial charge in [0.2, 0.25) is 5.91 Å². The lowest BCUT2D eigenvalue weighted by Gasteiger charge is -2.11. The number of carbonyl (C=O) groups excluding carboxylic acids is 1. The molecule has 3 aromatic rings. The van der Waals surface area contributed by atoms with Crippen molar-refractivity contribution in [1.29, 1.82) is 0 Å². The Labute approximate surface area is 164 Å². The van der Waals surface area contributed by atoms with Crippen LogP contribution in [-0.2, 0) is 17.4 Å². The van der Waals surface area contributed by atoms with Crippen LogP contribution in [0.1, 0.15) is 41.7 Å². The number of hydrogen-bond acceptors (Lipinski definition) is 4. The van der Waals surface area contributed by atoms with E-state index in [2.05, 4.69) is 15.4 Å². The highest BCUT2D eigenvalue weighted by Gasteiger charge is 2.30. The molecule has 0 aliphatic rings. The minimum absolute atomic E-state index is 0.0794. The summed E-state index contributed by atoms with van der Waals surface area (Å²) in [6.07, 6.45) is -4.38. The molecule has 1 amide bonds. The van der Waals surface area contributed by atoms with Crippen molar-refractivity contribution in [2.75, 3.05) is 5.32 Å². The zero-order chi connectivity index (χ0) is 20.5. The van der Waals surface area contributed by atoms with Crippen LogP contribution in [0.3, 0.4) is 0 Å². The molecule has 2 aromatic heterocycles. The van der Waals surface area contributed by atoms with Crippen molar-refractivity contribution in [3.8, 4) is 5.69 Å². The number of nitrogens with zero attached hydrogens (tertiary/aromatic N) is 3. The summed E-state index contributed by atoms with van der Waals surface area (Å²) in [5, 5.41) is 9.72. The Hall–Kier alpha value is -2.68. The Morgan fingerprint density at radius 2 is 2.04 bits per heavy atom. The van der Waals surface area contributed by atoms with E-state index in [0.29, 0.717) is 17.2 Å². The number of aromatic nitrogens is 3. The highest BCUT2D eigenvalue weighted by Crippen LogP contribution is 2.31. The summed E-state index contributed by atoms with van der Waals surface area (Å²) in [4.78, 5) is 16.8. The Morgan fingerprint density at radius 1 is 1.29 bits per heavy atom. The van der Waals surface area contributed by atoms with Gasteiger partial charge in [-0.15, -0.1) is 11.3 Å². The first-order valence-electron chi connectivity index (χ1n) is 8.62. The minimum Gasteiger partial charge on any atom is -0.310 e. The van der Waals surface area contributed by atoms with E-state index in [1.54, 1.807) is 13.0 Å². The maximum absolute atomic E-state index is 13.0. The second kappa shape index (κ2) is 7.75. The standard InChI is InChI=1S/C19H19F3N4OS/c1-11(2)18-23-14(10-28-18)9-17(27)24-16-7-12(3)25-26(16)15-6-4-5-13(8-15)19(20,21)22/h4-8,10-11H,9H2,1-3H3,(H,24,27). The molecular formula is C19H19F3N4OS. The van der Waals surface area contributed by atoms with Crippen molar-refractivity contribution in [2.24, 2.45) is 0 Å². The van der Waals surface area contributed by atoms with E-state index in [1.807, 2.05) is 19.2 Å². The molecule has 28 heavy (non-hydrogen) atoms. The van der Waals surface area contributed by atoms with E-state index in [0.717, 1.165) is 17.1 Å². The molecule has 1 N–H and O–H groups in total. The van der Waals surface area contributed by atoms with Gasteiger partial charge in [-0.25, -0.2) is 9.67 Å². The van der Waals surface area contributed by atoms with Crippen LogP contribution in [0, 0.1) is 6.92 Å². The first kappa shape index (κ1) is 20.1. The fourth-order valence-electron chi connectivity index (χ4n) is 2.62. The Balaban J connectivity index is 1.81. The third-order valence-electron chi connectivity index (χ3n) is 3.92. The predicted molar refractivity (Wildman–Crippen MR) is 102 cm³/mol. The highest BCUT2D eigenvalue weighted by atomic mass is 32.1. The van der Waals surface area contributed by atoms with Crippen LogP contribution in [0.5, 0.6) is 0 Å². The normalized spacial score (nSPS) is 11.8. The average molecular weight is 408 g/mol. The fraction of sp³-hybridized carbons (Fsp3) is 0.316. The number of rotatable bonds is 5. The molecule has 0 atom stereocenters. The second-order valence-electron chi connectivity index (χ2n) is 6.69. The Bertz CT molecular complexity index is 991.